The van der Waals surface area contributed by atoms with Crippen LogP contribution in [0.5, 0.6) is 0 Å². The Morgan fingerprint density at radius 3 is 1.76 bits per heavy atom. The van der Waals surface area contributed by atoms with Crippen LogP contribution in [0.1, 0.15) is 71.6 Å². The highest BCUT2D eigenvalue weighted by molar-refractivity contribution is 6.17. The summed E-state index contributed by atoms with van der Waals surface area (Å²) in [6, 6.07) is 0. The molecule has 0 unspecified atom stereocenters. The molecule has 0 aromatic heterocycles. The van der Waals surface area contributed by atoms with E-state index in [-0.39, 0.29) is 0 Å². The van der Waals surface area contributed by atoms with Crippen LogP contribution in [-0.2, 0) is 0 Å². The lowest BCUT2D eigenvalue weighted by molar-refractivity contribution is 0.281. The summed E-state index contributed by atoms with van der Waals surface area (Å²) in [4.78, 5) is 2.53. The monoisotopic (exact) mass is 261 g/mol. The first-order chi connectivity index (χ1) is 8.35. The molecule has 0 heterocycles. The summed E-state index contributed by atoms with van der Waals surface area (Å²) in [5.41, 5.74) is 0. The first-order valence-electron chi connectivity index (χ1n) is 7.63. The molecule has 0 atom stereocenters. The van der Waals surface area contributed by atoms with Crippen LogP contribution < -0.4 is 0 Å². The van der Waals surface area contributed by atoms with E-state index in [9.17, 15) is 0 Å². The molecule has 0 N–H and O–H groups in total. The standard InChI is InChI=1S/C15H32ClN/c1-3-5-6-7-8-9-10-11-14-17(4-2)15-12-13-16/h3-15H2,1-2H3. The van der Waals surface area contributed by atoms with Crippen molar-refractivity contribution in [3.63, 3.8) is 0 Å². The van der Waals surface area contributed by atoms with Gasteiger partial charge in [0.1, 0.15) is 0 Å². The minimum absolute atomic E-state index is 0.800. The Kier molecular flexibility index (Phi) is 14.5. The van der Waals surface area contributed by atoms with E-state index in [1.54, 1.807) is 0 Å². The fourth-order valence-electron chi connectivity index (χ4n) is 2.18. The van der Waals surface area contributed by atoms with Gasteiger partial charge in [0.15, 0.2) is 0 Å². The summed E-state index contributed by atoms with van der Waals surface area (Å²) in [6.07, 6.45) is 12.4. The zero-order valence-corrected chi connectivity index (χ0v) is 12.8. The second kappa shape index (κ2) is 14.3. The van der Waals surface area contributed by atoms with Gasteiger partial charge in [0.25, 0.3) is 0 Å². The Bertz CT molecular complexity index is 139. The van der Waals surface area contributed by atoms with Gasteiger partial charge in [-0.25, -0.2) is 0 Å². The van der Waals surface area contributed by atoms with E-state index in [0.29, 0.717) is 0 Å². The molecule has 0 spiro atoms. The zero-order chi connectivity index (χ0) is 12.8. The van der Waals surface area contributed by atoms with E-state index in [4.69, 9.17) is 11.6 Å². The third-order valence-corrected chi connectivity index (χ3v) is 3.65. The van der Waals surface area contributed by atoms with Crippen molar-refractivity contribution in [1.29, 1.82) is 0 Å². The molecule has 0 saturated heterocycles. The summed E-state index contributed by atoms with van der Waals surface area (Å²) < 4.78 is 0. The molecule has 0 bridgehead atoms. The predicted molar refractivity (Wildman–Crippen MR) is 80.1 cm³/mol. The number of hydrogen-bond acceptors (Lipinski definition) is 1. The molecule has 0 aromatic carbocycles. The fraction of sp³-hybridized carbons (Fsp3) is 1.00. The lowest BCUT2D eigenvalue weighted by Crippen LogP contribution is -2.25. The van der Waals surface area contributed by atoms with Crippen LogP contribution in [0.4, 0.5) is 0 Å². The molecule has 104 valence electrons. The number of alkyl halides is 1. The summed E-state index contributed by atoms with van der Waals surface area (Å²) in [5, 5.41) is 0. The van der Waals surface area contributed by atoms with E-state index in [2.05, 4.69) is 18.7 Å². The average molecular weight is 262 g/mol. The van der Waals surface area contributed by atoms with Crippen LogP contribution in [0.15, 0.2) is 0 Å². The van der Waals surface area contributed by atoms with Crippen LogP contribution in [0.3, 0.4) is 0 Å². The van der Waals surface area contributed by atoms with Crippen LogP contribution in [0.2, 0.25) is 0 Å². The lowest BCUT2D eigenvalue weighted by Gasteiger charge is -2.19. The Hall–Kier alpha value is 0.250. The minimum atomic E-state index is 0.800. The summed E-state index contributed by atoms with van der Waals surface area (Å²) in [7, 11) is 0. The molecule has 0 aliphatic rings. The van der Waals surface area contributed by atoms with Gasteiger partial charge < -0.3 is 4.90 Å². The number of halogens is 1. The van der Waals surface area contributed by atoms with E-state index in [1.165, 1.54) is 71.0 Å². The molecule has 0 rings (SSSR count). The van der Waals surface area contributed by atoms with Crippen molar-refractivity contribution >= 4 is 11.6 Å². The van der Waals surface area contributed by atoms with Crippen molar-refractivity contribution in [2.24, 2.45) is 0 Å². The van der Waals surface area contributed by atoms with Gasteiger partial charge in [0.05, 0.1) is 0 Å². The maximum Gasteiger partial charge on any atom is 0.0235 e. The molecule has 17 heavy (non-hydrogen) atoms. The van der Waals surface area contributed by atoms with Crippen LogP contribution in [0.25, 0.3) is 0 Å². The van der Waals surface area contributed by atoms with Crippen molar-refractivity contribution in [1.82, 2.24) is 4.90 Å². The molecule has 0 amide bonds. The average Bonchev–Trinajstić information content (AvgIpc) is 2.36. The quantitative estimate of drug-likeness (QED) is 0.330. The van der Waals surface area contributed by atoms with E-state index >= 15 is 0 Å². The molecule has 0 saturated carbocycles. The number of hydrogen-bond donors (Lipinski definition) is 0. The number of rotatable bonds is 13. The molecule has 0 aliphatic heterocycles. The van der Waals surface area contributed by atoms with E-state index < -0.39 is 0 Å². The van der Waals surface area contributed by atoms with E-state index in [1.807, 2.05) is 0 Å². The predicted octanol–water partition coefficient (Wildman–Crippen LogP) is 5.08. The van der Waals surface area contributed by atoms with Gasteiger partial charge in [0, 0.05) is 5.88 Å². The first kappa shape index (κ1) is 17.2. The lowest BCUT2D eigenvalue weighted by atomic mass is 10.1. The summed E-state index contributed by atoms with van der Waals surface area (Å²) >= 11 is 5.72. The molecule has 0 aromatic rings. The topological polar surface area (TPSA) is 3.24 Å². The molecule has 0 radical (unpaired) electrons. The SMILES string of the molecule is CCCCCCCCCCN(CC)CCCCl. The van der Waals surface area contributed by atoms with Crippen LogP contribution in [0, 0.1) is 0 Å². The summed E-state index contributed by atoms with van der Waals surface area (Å²) in [6.45, 7) is 8.14. The number of nitrogens with zero attached hydrogens (tertiary/aromatic N) is 1. The highest BCUT2D eigenvalue weighted by atomic mass is 35.5. The van der Waals surface area contributed by atoms with E-state index in [0.717, 1.165) is 12.3 Å². The van der Waals surface area contributed by atoms with Gasteiger partial charge >= 0.3 is 0 Å². The van der Waals surface area contributed by atoms with Crippen molar-refractivity contribution in [3.8, 4) is 0 Å². The maximum absolute atomic E-state index is 5.72. The maximum atomic E-state index is 5.72. The smallest absolute Gasteiger partial charge is 0.0235 e. The molecule has 2 heteroatoms. The van der Waals surface area contributed by atoms with Gasteiger partial charge in [-0.3, -0.25) is 0 Å². The molecular weight excluding hydrogens is 230 g/mol. The second-order valence-corrected chi connectivity index (χ2v) is 5.33. The normalized spacial score (nSPS) is 11.3. The highest BCUT2D eigenvalue weighted by Crippen LogP contribution is 2.09. The third-order valence-electron chi connectivity index (χ3n) is 3.38. The van der Waals surface area contributed by atoms with Crippen LogP contribution >= 0.6 is 11.6 Å². The zero-order valence-electron chi connectivity index (χ0n) is 12.0. The molecule has 0 fully saturated rings. The highest BCUT2D eigenvalue weighted by Gasteiger charge is 2.00. The number of unbranched alkanes of at least 4 members (excludes halogenated alkanes) is 7. The van der Waals surface area contributed by atoms with Gasteiger partial charge in [-0.05, 0) is 32.5 Å². The summed E-state index contributed by atoms with van der Waals surface area (Å²) in [5.74, 6) is 0.800. The van der Waals surface area contributed by atoms with Crippen molar-refractivity contribution in [2.45, 2.75) is 71.6 Å². The second-order valence-electron chi connectivity index (χ2n) is 4.95. The molecule has 0 aliphatic carbocycles. The van der Waals surface area contributed by atoms with Gasteiger partial charge in [0.2, 0.25) is 0 Å². The Morgan fingerprint density at radius 1 is 0.706 bits per heavy atom. The Morgan fingerprint density at radius 2 is 1.24 bits per heavy atom. The van der Waals surface area contributed by atoms with Gasteiger partial charge in [-0.15, -0.1) is 11.6 Å². The fourth-order valence-corrected chi connectivity index (χ4v) is 2.30. The van der Waals surface area contributed by atoms with Crippen molar-refractivity contribution in [3.05, 3.63) is 0 Å². The van der Waals surface area contributed by atoms with Gasteiger partial charge in [-0.2, -0.15) is 0 Å². The largest absolute Gasteiger partial charge is 0.304 e. The Balaban J connectivity index is 3.19. The third kappa shape index (κ3) is 12.5. The molecule has 1 nitrogen and oxygen atoms in total. The minimum Gasteiger partial charge on any atom is -0.304 e. The van der Waals surface area contributed by atoms with Crippen LogP contribution in [-0.4, -0.2) is 30.4 Å². The Labute approximate surface area is 114 Å². The van der Waals surface area contributed by atoms with Gasteiger partial charge in [-0.1, -0.05) is 58.8 Å². The first-order valence-corrected chi connectivity index (χ1v) is 8.16. The molecular formula is C15H32ClN. The van der Waals surface area contributed by atoms with Crippen molar-refractivity contribution < 1.29 is 0 Å². The van der Waals surface area contributed by atoms with Crippen molar-refractivity contribution in [2.75, 3.05) is 25.5 Å².